The molecular weight excluding hydrogens is 265 g/mol. The molecule has 1 heterocycles. The van der Waals surface area contributed by atoms with E-state index in [0.29, 0.717) is 13.1 Å². The van der Waals surface area contributed by atoms with Crippen LogP contribution in [0.5, 0.6) is 0 Å². The summed E-state index contributed by atoms with van der Waals surface area (Å²) < 4.78 is 15.2. The van der Waals surface area contributed by atoms with Crippen LogP contribution in [-0.2, 0) is 13.1 Å². The molecule has 0 fully saturated rings. The minimum atomic E-state index is -0.236. The van der Waals surface area contributed by atoms with Crippen molar-refractivity contribution in [3.63, 3.8) is 0 Å². The van der Waals surface area contributed by atoms with Crippen LogP contribution in [0, 0.1) is 5.82 Å². The summed E-state index contributed by atoms with van der Waals surface area (Å²) in [4.78, 5) is 0. The topological polar surface area (TPSA) is 43.8 Å². The predicted molar refractivity (Wildman–Crippen MR) is 81.1 cm³/mol. The zero-order valence-corrected chi connectivity index (χ0v) is 11.5. The van der Waals surface area contributed by atoms with Gasteiger partial charge in [-0.1, -0.05) is 42.5 Å². The van der Waals surface area contributed by atoms with E-state index in [1.165, 1.54) is 12.1 Å². The number of halogens is 1. The highest BCUT2D eigenvalue weighted by molar-refractivity contribution is 5.63. The van der Waals surface area contributed by atoms with Gasteiger partial charge in [-0.25, -0.2) is 4.39 Å². The van der Waals surface area contributed by atoms with Crippen molar-refractivity contribution in [2.24, 2.45) is 5.73 Å². The van der Waals surface area contributed by atoms with E-state index < -0.39 is 0 Å². The Balaban J connectivity index is 2.02. The first kappa shape index (κ1) is 13.5. The highest BCUT2D eigenvalue weighted by atomic mass is 19.1. The molecule has 3 nitrogen and oxygen atoms in total. The second-order valence-electron chi connectivity index (χ2n) is 4.88. The van der Waals surface area contributed by atoms with E-state index in [1.54, 1.807) is 12.3 Å². The maximum atomic E-state index is 13.3. The summed E-state index contributed by atoms with van der Waals surface area (Å²) in [6, 6.07) is 16.6. The Kier molecular flexibility index (Phi) is 3.79. The number of rotatable bonds is 4. The van der Waals surface area contributed by atoms with Crippen LogP contribution in [0.1, 0.15) is 11.1 Å². The van der Waals surface area contributed by atoms with Crippen molar-refractivity contribution in [1.29, 1.82) is 0 Å². The number of hydrogen-bond donors (Lipinski definition) is 1. The molecule has 0 aliphatic heterocycles. The van der Waals surface area contributed by atoms with Crippen molar-refractivity contribution in [1.82, 2.24) is 9.78 Å². The Bertz CT molecular complexity index is 735. The van der Waals surface area contributed by atoms with Crippen LogP contribution in [-0.4, -0.2) is 9.78 Å². The summed E-state index contributed by atoms with van der Waals surface area (Å²) in [6.07, 6.45) is 1.78. The van der Waals surface area contributed by atoms with E-state index in [-0.39, 0.29) is 5.82 Å². The van der Waals surface area contributed by atoms with Crippen molar-refractivity contribution < 1.29 is 4.39 Å². The molecule has 3 rings (SSSR count). The van der Waals surface area contributed by atoms with Gasteiger partial charge < -0.3 is 5.73 Å². The van der Waals surface area contributed by atoms with Crippen LogP contribution in [0.4, 0.5) is 4.39 Å². The summed E-state index contributed by atoms with van der Waals surface area (Å²) in [5.41, 5.74) is 9.71. The molecule has 21 heavy (non-hydrogen) atoms. The second-order valence-corrected chi connectivity index (χ2v) is 4.88. The van der Waals surface area contributed by atoms with E-state index in [4.69, 9.17) is 5.73 Å². The lowest BCUT2D eigenvalue weighted by Crippen LogP contribution is -2.06. The highest BCUT2D eigenvalue weighted by Crippen LogP contribution is 2.24. The molecule has 0 radical (unpaired) electrons. The summed E-state index contributed by atoms with van der Waals surface area (Å²) in [5, 5.41) is 4.40. The Labute approximate surface area is 122 Å². The number of nitrogens with two attached hydrogens (primary N) is 1. The van der Waals surface area contributed by atoms with Gasteiger partial charge in [0.1, 0.15) is 5.82 Å². The Hall–Kier alpha value is -2.46. The van der Waals surface area contributed by atoms with E-state index in [0.717, 1.165) is 22.4 Å². The fraction of sp³-hybridized carbons (Fsp3) is 0.118. The molecule has 4 heteroatoms. The SMILES string of the molecule is NCc1cnn(Cc2cccc(F)c2)c1-c1ccccc1. The van der Waals surface area contributed by atoms with Gasteiger partial charge in [-0.05, 0) is 17.7 Å². The molecule has 0 saturated heterocycles. The summed E-state index contributed by atoms with van der Waals surface area (Å²) in [6.45, 7) is 0.940. The number of nitrogens with zero attached hydrogens (tertiary/aromatic N) is 2. The standard InChI is InChI=1S/C17H16FN3/c18-16-8-4-5-13(9-16)12-21-17(15(10-19)11-20-21)14-6-2-1-3-7-14/h1-9,11H,10,12,19H2. The van der Waals surface area contributed by atoms with Crippen molar-refractivity contribution in [2.45, 2.75) is 13.1 Å². The second kappa shape index (κ2) is 5.89. The summed E-state index contributed by atoms with van der Waals surface area (Å²) in [5.74, 6) is -0.236. The molecule has 0 bridgehead atoms. The largest absolute Gasteiger partial charge is 0.326 e. The van der Waals surface area contributed by atoms with Gasteiger partial charge in [-0.15, -0.1) is 0 Å². The van der Waals surface area contributed by atoms with Crippen LogP contribution < -0.4 is 5.73 Å². The van der Waals surface area contributed by atoms with Crippen molar-refractivity contribution in [3.05, 3.63) is 77.7 Å². The highest BCUT2D eigenvalue weighted by Gasteiger charge is 2.12. The average molecular weight is 281 g/mol. The molecule has 2 aromatic carbocycles. The van der Waals surface area contributed by atoms with Gasteiger partial charge in [-0.3, -0.25) is 4.68 Å². The van der Waals surface area contributed by atoms with Gasteiger partial charge in [-0.2, -0.15) is 5.10 Å². The molecule has 0 unspecified atom stereocenters. The lowest BCUT2D eigenvalue weighted by molar-refractivity contribution is 0.620. The van der Waals surface area contributed by atoms with Gasteiger partial charge in [0.2, 0.25) is 0 Å². The molecule has 106 valence electrons. The van der Waals surface area contributed by atoms with E-state index in [1.807, 2.05) is 41.1 Å². The molecule has 0 aliphatic carbocycles. The fourth-order valence-electron chi connectivity index (χ4n) is 2.43. The van der Waals surface area contributed by atoms with Gasteiger partial charge in [0.15, 0.2) is 0 Å². The third-order valence-corrected chi connectivity index (χ3v) is 3.40. The number of hydrogen-bond acceptors (Lipinski definition) is 2. The van der Waals surface area contributed by atoms with Crippen LogP contribution in [0.25, 0.3) is 11.3 Å². The summed E-state index contributed by atoms with van der Waals surface area (Å²) >= 11 is 0. The molecular formula is C17H16FN3. The molecule has 1 aromatic heterocycles. The maximum absolute atomic E-state index is 13.3. The first-order chi connectivity index (χ1) is 10.3. The molecule has 0 atom stereocenters. The van der Waals surface area contributed by atoms with Crippen LogP contribution in [0.15, 0.2) is 60.8 Å². The molecule has 0 amide bonds. The van der Waals surface area contributed by atoms with Gasteiger partial charge in [0.25, 0.3) is 0 Å². The lowest BCUT2D eigenvalue weighted by atomic mass is 10.1. The third-order valence-electron chi connectivity index (χ3n) is 3.40. The van der Waals surface area contributed by atoms with Gasteiger partial charge in [0, 0.05) is 17.7 Å². The van der Waals surface area contributed by atoms with Crippen molar-refractivity contribution >= 4 is 0 Å². The minimum absolute atomic E-state index is 0.236. The first-order valence-corrected chi connectivity index (χ1v) is 6.82. The monoisotopic (exact) mass is 281 g/mol. The van der Waals surface area contributed by atoms with Crippen LogP contribution >= 0.6 is 0 Å². The number of benzene rings is 2. The molecule has 0 spiro atoms. The minimum Gasteiger partial charge on any atom is -0.326 e. The van der Waals surface area contributed by atoms with Crippen LogP contribution in [0.2, 0.25) is 0 Å². The molecule has 0 saturated carbocycles. The molecule has 0 aliphatic rings. The predicted octanol–water partition coefficient (Wildman–Crippen LogP) is 3.20. The van der Waals surface area contributed by atoms with Gasteiger partial charge in [0.05, 0.1) is 18.4 Å². The fourth-order valence-corrected chi connectivity index (χ4v) is 2.43. The van der Waals surface area contributed by atoms with Gasteiger partial charge >= 0.3 is 0 Å². The Morgan fingerprint density at radius 3 is 2.57 bits per heavy atom. The zero-order valence-electron chi connectivity index (χ0n) is 11.5. The van der Waals surface area contributed by atoms with E-state index in [9.17, 15) is 4.39 Å². The van der Waals surface area contributed by atoms with Crippen molar-refractivity contribution in [3.8, 4) is 11.3 Å². The third kappa shape index (κ3) is 2.85. The maximum Gasteiger partial charge on any atom is 0.123 e. The van der Waals surface area contributed by atoms with E-state index >= 15 is 0 Å². The quantitative estimate of drug-likeness (QED) is 0.798. The molecule has 2 N–H and O–H groups in total. The Morgan fingerprint density at radius 1 is 1.05 bits per heavy atom. The zero-order chi connectivity index (χ0) is 14.7. The number of aromatic nitrogens is 2. The normalized spacial score (nSPS) is 10.8. The van der Waals surface area contributed by atoms with Crippen molar-refractivity contribution in [2.75, 3.05) is 0 Å². The molecule has 3 aromatic rings. The average Bonchev–Trinajstić information content (AvgIpc) is 2.91. The van der Waals surface area contributed by atoms with E-state index in [2.05, 4.69) is 5.10 Å². The Morgan fingerprint density at radius 2 is 1.86 bits per heavy atom. The van der Waals surface area contributed by atoms with Crippen LogP contribution in [0.3, 0.4) is 0 Å². The first-order valence-electron chi connectivity index (χ1n) is 6.82. The lowest BCUT2D eigenvalue weighted by Gasteiger charge is -2.10. The summed E-state index contributed by atoms with van der Waals surface area (Å²) in [7, 11) is 0. The smallest absolute Gasteiger partial charge is 0.123 e.